The van der Waals surface area contributed by atoms with E-state index in [0.717, 1.165) is 23.4 Å². The van der Waals surface area contributed by atoms with Gasteiger partial charge in [-0.05, 0) is 56.2 Å². The van der Waals surface area contributed by atoms with Crippen molar-refractivity contribution in [3.05, 3.63) is 54.1 Å². The first-order chi connectivity index (χ1) is 13.6. The maximum absolute atomic E-state index is 13.1. The summed E-state index contributed by atoms with van der Waals surface area (Å²) in [6, 6.07) is 15.9. The Labute approximate surface area is 168 Å². The van der Waals surface area contributed by atoms with Crippen LogP contribution >= 0.6 is 11.8 Å². The van der Waals surface area contributed by atoms with Gasteiger partial charge in [0.05, 0.1) is 12.4 Å². The van der Waals surface area contributed by atoms with Crippen LogP contribution in [0.25, 0.3) is 11.4 Å². The van der Waals surface area contributed by atoms with Crippen molar-refractivity contribution in [1.82, 2.24) is 15.2 Å². The maximum Gasteiger partial charge on any atom is 0.240 e. The molecule has 0 unspecified atom stereocenters. The van der Waals surface area contributed by atoms with Crippen molar-refractivity contribution in [2.24, 2.45) is 0 Å². The smallest absolute Gasteiger partial charge is 0.240 e. The zero-order valence-corrected chi connectivity index (χ0v) is 16.9. The van der Waals surface area contributed by atoms with Crippen LogP contribution < -0.4 is 9.64 Å². The van der Waals surface area contributed by atoms with E-state index in [2.05, 4.69) is 28.2 Å². The summed E-state index contributed by atoms with van der Waals surface area (Å²) in [6.45, 7) is 3.99. The number of ether oxygens (including phenoxy) is 1. The molecule has 144 valence electrons. The number of methoxy groups -OCH3 is 1. The number of carbonyl (C=O) groups excluding carboxylic acids is 1. The second-order valence-corrected chi connectivity index (χ2v) is 8.15. The summed E-state index contributed by atoms with van der Waals surface area (Å²) >= 11 is 1.37. The molecule has 7 heteroatoms. The number of nitrogens with one attached hydrogen (secondary N) is 1. The molecule has 1 aliphatic rings. The van der Waals surface area contributed by atoms with Gasteiger partial charge in [-0.1, -0.05) is 30.0 Å². The third-order valence-electron chi connectivity index (χ3n) is 4.90. The number of aromatic nitrogens is 3. The largest absolute Gasteiger partial charge is 0.497 e. The normalized spacial score (nSPS) is 16.7. The van der Waals surface area contributed by atoms with Crippen LogP contribution in [0.3, 0.4) is 0 Å². The highest BCUT2D eigenvalue weighted by molar-refractivity contribution is 8.00. The van der Waals surface area contributed by atoms with Gasteiger partial charge in [0, 0.05) is 17.3 Å². The van der Waals surface area contributed by atoms with E-state index in [1.54, 1.807) is 7.11 Å². The van der Waals surface area contributed by atoms with E-state index in [4.69, 9.17) is 4.74 Å². The summed E-state index contributed by atoms with van der Waals surface area (Å²) in [6.07, 6.45) is 0.890. The lowest BCUT2D eigenvalue weighted by Gasteiger charge is -2.25. The highest BCUT2D eigenvalue weighted by Crippen LogP contribution is 2.34. The minimum atomic E-state index is -0.284. The summed E-state index contributed by atoms with van der Waals surface area (Å²) < 4.78 is 5.18. The highest BCUT2D eigenvalue weighted by Gasteiger charge is 2.33. The second kappa shape index (κ2) is 7.67. The van der Waals surface area contributed by atoms with Crippen molar-refractivity contribution in [2.45, 2.75) is 36.7 Å². The molecule has 0 aliphatic carbocycles. The van der Waals surface area contributed by atoms with Crippen molar-refractivity contribution in [3.8, 4) is 17.1 Å². The monoisotopic (exact) mass is 394 g/mol. The molecule has 6 nitrogen and oxygen atoms in total. The fourth-order valence-electron chi connectivity index (χ4n) is 3.48. The fourth-order valence-corrected chi connectivity index (χ4v) is 4.26. The summed E-state index contributed by atoms with van der Waals surface area (Å²) in [5, 5.41) is 7.50. The number of hydrogen-bond donors (Lipinski definition) is 1. The molecule has 0 saturated carbocycles. The Morgan fingerprint density at radius 2 is 2.00 bits per heavy atom. The van der Waals surface area contributed by atoms with Gasteiger partial charge in [-0.15, -0.1) is 5.10 Å². The number of thioether (sulfide) groups is 1. The van der Waals surface area contributed by atoms with E-state index in [1.807, 2.05) is 54.3 Å². The summed E-state index contributed by atoms with van der Waals surface area (Å²) in [5.41, 5.74) is 3.16. The Morgan fingerprint density at radius 1 is 1.25 bits per heavy atom. The quantitative estimate of drug-likeness (QED) is 0.664. The Balaban J connectivity index is 1.47. The minimum absolute atomic E-state index is 0.0817. The van der Waals surface area contributed by atoms with Crippen LogP contribution in [0.2, 0.25) is 0 Å². The number of aromatic amines is 1. The molecule has 2 heterocycles. The Bertz CT molecular complexity index is 986. The van der Waals surface area contributed by atoms with Gasteiger partial charge in [0.1, 0.15) is 5.75 Å². The standard InChI is InChI=1S/C21H22N4O2S/c1-13-12-16-6-4-5-7-18(16)25(13)20(26)14(2)28-21-22-19(23-24-21)15-8-10-17(27-3)11-9-15/h4-11,13-14H,12H2,1-3H3,(H,22,23,24)/t13-,14-/m1/s1. The first kappa shape index (κ1) is 18.6. The van der Waals surface area contributed by atoms with Crippen LogP contribution in [0.4, 0.5) is 5.69 Å². The van der Waals surface area contributed by atoms with Gasteiger partial charge < -0.3 is 9.64 Å². The number of hydrogen-bond acceptors (Lipinski definition) is 5. The van der Waals surface area contributed by atoms with Crippen molar-refractivity contribution >= 4 is 23.4 Å². The zero-order chi connectivity index (χ0) is 19.7. The van der Waals surface area contributed by atoms with Crippen molar-refractivity contribution in [2.75, 3.05) is 12.0 Å². The molecular formula is C21H22N4O2S. The van der Waals surface area contributed by atoms with Crippen molar-refractivity contribution < 1.29 is 9.53 Å². The van der Waals surface area contributed by atoms with Crippen molar-refractivity contribution in [1.29, 1.82) is 0 Å². The molecule has 0 fully saturated rings. The van der Waals surface area contributed by atoms with Crippen molar-refractivity contribution in [3.63, 3.8) is 0 Å². The number of anilines is 1. The number of para-hydroxylation sites is 1. The molecule has 0 radical (unpaired) electrons. The molecular weight excluding hydrogens is 372 g/mol. The summed E-state index contributed by atoms with van der Waals surface area (Å²) in [7, 11) is 1.64. The van der Waals surface area contributed by atoms with Gasteiger partial charge in [0.2, 0.25) is 11.1 Å². The number of fused-ring (bicyclic) bond motifs is 1. The van der Waals surface area contributed by atoms with E-state index in [-0.39, 0.29) is 17.2 Å². The molecule has 2 aromatic carbocycles. The Kier molecular flexibility index (Phi) is 5.09. The summed E-state index contributed by atoms with van der Waals surface area (Å²) in [5.74, 6) is 1.54. The van der Waals surface area contributed by atoms with Crippen LogP contribution in [-0.4, -0.2) is 39.5 Å². The Morgan fingerprint density at radius 3 is 2.75 bits per heavy atom. The SMILES string of the molecule is COc1ccc(-c2nc(S[C@H](C)C(=O)N3c4ccccc4C[C@H]3C)n[nH]2)cc1. The predicted molar refractivity (Wildman–Crippen MR) is 111 cm³/mol. The molecule has 1 aromatic heterocycles. The molecule has 28 heavy (non-hydrogen) atoms. The average molecular weight is 395 g/mol. The number of carbonyl (C=O) groups is 1. The van der Waals surface area contributed by atoms with E-state index in [1.165, 1.54) is 17.3 Å². The topological polar surface area (TPSA) is 71.1 Å². The Hall–Kier alpha value is -2.80. The second-order valence-electron chi connectivity index (χ2n) is 6.85. The fraction of sp³-hybridized carbons (Fsp3) is 0.286. The molecule has 1 N–H and O–H groups in total. The molecule has 3 aromatic rings. The van der Waals surface area contributed by atoms with Gasteiger partial charge >= 0.3 is 0 Å². The van der Waals surface area contributed by atoms with E-state index in [9.17, 15) is 4.79 Å². The van der Waals surface area contributed by atoms with E-state index < -0.39 is 0 Å². The predicted octanol–water partition coefficient (Wildman–Crippen LogP) is 3.94. The number of nitrogens with zero attached hydrogens (tertiary/aromatic N) is 3. The average Bonchev–Trinajstić information content (AvgIpc) is 3.31. The van der Waals surface area contributed by atoms with Crippen LogP contribution in [0.15, 0.2) is 53.7 Å². The molecule has 0 bridgehead atoms. The molecule has 1 aliphatic heterocycles. The molecule has 0 spiro atoms. The number of benzene rings is 2. The lowest BCUT2D eigenvalue weighted by molar-refractivity contribution is -0.118. The third kappa shape index (κ3) is 3.49. The van der Waals surface area contributed by atoms with Crippen LogP contribution in [0.1, 0.15) is 19.4 Å². The van der Waals surface area contributed by atoms with Gasteiger partial charge in [-0.3, -0.25) is 9.89 Å². The lowest BCUT2D eigenvalue weighted by atomic mass is 10.1. The number of H-pyrrole nitrogens is 1. The number of amides is 1. The van der Waals surface area contributed by atoms with E-state index >= 15 is 0 Å². The minimum Gasteiger partial charge on any atom is -0.497 e. The molecule has 1 amide bonds. The summed E-state index contributed by atoms with van der Waals surface area (Å²) in [4.78, 5) is 19.5. The van der Waals surface area contributed by atoms with Gasteiger partial charge in [-0.2, -0.15) is 0 Å². The van der Waals surface area contributed by atoms with Gasteiger partial charge in [-0.25, -0.2) is 4.98 Å². The van der Waals surface area contributed by atoms with Crippen LogP contribution in [0, 0.1) is 0 Å². The molecule has 2 atom stereocenters. The van der Waals surface area contributed by atoms with Crippen LogP contribution in [0.5, 0.6) is 5.75 Å². The molecule has 0 saturated heterocycles. The third-order valence-corrected chi connectivity index (χ3v) is 5.85. The first-order valence-corrected chi connectivity index (χ1v) is 10.1. The number of rotatable bonds is 5. The zero-order valence-electron chi connectivity index (χ0n) is 16.0. The van der Waals surface area contributed by atoms with E-state index in [0.29, 0.717) is 11.0 Å². The highest BCUT2D eigenvalue weighted by atomic mass is 32.2. The molecule has 4 rings (SSSR count). The maximum atomic E-state index is 13.1. The van der Waals surface area contributed by atoms with Gasteiger partial charge in [0.25, 0.3) is 0 Å². The lowest BCUT2D eigenvalue weighted by Crippen LogP contribution is -2.40. The van der Waals surface area contributed by atoms with Crippen LogP contribution in [-0.2, 0) is 11.2 Å². The first-order valence-electron chi connectivity index (χ1n) is 9.21. The van der Waals surface area contributed by atoms with Gasteiger partial charge in [0.15, 0.2) is 5.82 Å².